The molecule has 3 heteroatoms. The van der Waals surface area contributed by atoms with Crippen LogP contribution < -0.4 is 5.73 Å². The molecule has 1 aromatic rings. The van der Waals surface area contributed by atoms with Crippen LogP contribution >= 0.6 is 0 Å². The summed E-state index contributed by atoms with van der Waals surface area (Å²) in [6.45, 7) is 3.06. The number of aryl methyl sites for hydroxylation is 1. The minimum atomic E-state index is 0.323. The van der Waals surface area contributed by atoms with E-state index >= 15 is 0 Å². The zero-order valence-electron chi connectivity index (χ0n) is 11.4. The third kappa shape index (κ3) is 2.46. The quantitative estimate of drug-likeness (QED) is 0.869. The van der Waals surface area contributed by atoms with Crippen molar-refractivity contribution < 1.29 is 0 Å². The van der Waals surface area contributed by atoms with Crippen LogP contribution in [0.5, 0.6) is 0 Å². The number of nitrogens with zero attached hydrogens (tertiary/aromatic N) is 2. The lowest BCUT2D eigenvalue weighted by Crippen LogP contribution is -2.28. The lowest BCUT2D eigenvalue weighted by atomic mass is 9.83. The van der Waals surface area contributed by atoms with Crippen LogP contribution in [-0.4, -0.2) is 15.8 Å². The van der Waals surface area contributed by atoms with E-state index in [1.54, 1.807) is 0 Å². The van der Waals surface area contributed by atoms with Crippen LogP contribution in [0.2, 0.25) is 0 Å². The molecule has 0 amide bonds. The average molecular weight is 247 g/mol. The standard InChI is InChI=1S/C15H25N3/c1-2-18-10-12(9-17-18)7-15(16)8-14-6-11-3-4-13(14)5-11/h9-11,13-15H,2-8,16H2,1H3. The predicted molar refractivity (Wildman–Crippen MR) is 73.1 cm³/mol. The topological polar surface area (TPSA) is 43.8 Å². The molecule has 2 N–H and O–H groups in total. The summed E-state index contributed by atoms with van der Waals surface area (Å²) in [5.74, 6) is 2.95. The first kappa shape index (κ1) is 12.2. The second-order valence-electron chi connectivity index (χ2n) is 6.34. The number of fused-ring (bicyclic) bond motifs is 2. The van der Waals surface area contributed by atoms with E-state index in [4.69, 9.17) is 5.73 Å². The zero-order chi connectivity index (χ0) is 12.5. The van der Waals surface area contributed by atoms with Crippen molar-refractivity contribution >= 4 is 0 Å². The Morgan fingerprint density at radius 2 is 2.33 bits per heavy atom. The summed E-state index contributed by atoms with van der Waals surface area (Å²) in [6.07, 6.45) is 12.2. The van der Waals surface area contributed by atoms with E-state index in [1.807, 2.05) is 10.9 Å². The molecule has 1 heterocycles. The average Bonchev–Trinajstić information content (AvgIpc) is 3.04. The van der Waals surface area contributed by atoms with Gasteiger partial charge in [-0.15, -0.1) is 0 Å². The summed E-state index contributed by atoms with van der Waals surface area (Å²) in [5.41, 5.74) is 7.63. The molecule has 2 aliphatic rings. The molecule has 0 radical (unpaired) electrons. The first-order chi connectivity index (χ1) is 8.74. The molecule has 2 fully saturated rings. The van der Waals surface area contributed by atoms with Crippen LogP contribution in [0.15, 0.2) is 12.4 Å². The first-order valence-electron chi connectivity index (χ1n) is 7.51. The number of aromatic nitrogens is 2. The van der Waals surface area contributed by atoms with Crippen LogP contribution in [-0.2, 0) is 13.0 Å². The fourth-order valence-electron chi connectivity index (χ4n) is 4.12. The van der Waals surface area contributed by atoms with E-state index in [0.29, 0.717) is 6.04 Å². The Kier molecular flexibility index (Phi) is 3.42. The molecule has 4 atom stereocenters. The normalized spacial score (nSPS) is 32.0. The maximum absolute atomic E-state index is 6.33. The van der Waals surface area contributed by atoms with Crippen LogP contribution in [0.3, 0.4) is 0 Å². The van der Waals surface area contributed by atoms with Crippen LogP contribution in [0.25, 0.3) is 0 Å². The lowest BCUT2D eigenvalue weighted by molar-refractivity contribution is 0.294. The molecule has 0 spiro atoms. The van der Waals surface area contributed by atoms with Gasteiger partial charge < -0.3 is 5.73 Å². The van der Waals surface area contributed by atoms with E-state index in [1.165, 1.54) is 37.7 Å². The Morgan fingerprint density at radius 3 is 2.94 bits per heavy atom. The number of rotatable bonds is 5. The molecule has 100 valence electrons. The van der Waals surface area contributed by atoms with Gasteiger partial charge in [-0.25, -0.2) is 0 Å². The van der Waals surface area contributed by atoms with E-state index in [0.717, 1.165) is 30.7 Å². The molecule has 4 unspecified atom stereocenters. The molecule has 2 saturated carbocycles. The summed E-state index contributed by atoms with van der Waals surface area (Å²) >= 11 is 0. The third-order valence-electron chi connectivity index (χ3n) is 5.00. The van der Waals surface area contributed by atoms with Gasteiger partial charge in [-0.05, 0) is 62.3 Å². The minimum absolute atomic E-state index is 0.323. The van der Waals surface area contributed by atoms with Gasteiger partial charge in [-0.1, -0.05) is 6.42 Å². The summed E-state index contributed by atoms with van der Waals surface area (Å²) in [4.78, 5) is 0. The smallest absolute Gasteiger partial charge is 0.0522 e. The predicted octanol–water partition coefficient (Wildman–Crippen LogP) is 2.60. The number of hydrogen-bond acceptors (Lipinski definition) is 2. The Labute approximate surface area is 110 Å². The molecule has 2 aliphatic carbocycles. The Hall–Kier alpha value is -0.830. The third-order valence-corrected chi connectivity index (χ3v) is 5.00. The second-order valence-corrected chi connectivity index (χ2v) is 6.34. The van der Waals surface area contributed by atoms with Gasteiger partial charge in [0.1, 0.15) is 0 Å². The van der Waals surface area contributed by atoms with Gasteiger partial charge in [0.2, 0.25) is 0 Å². The monoisotopic (exact) mass is 247 g/mol. The summed E-state index contributed by atoms with van der Waals surface area (Å²) in [6, 6.07) is 0.323. The summed E-state index contributed by atoms with van der Waals surface area (Å²) < 4.78 is 1.99. The second kappa shape index (κ2) is 5.04. The van der Waals surface area contributed by atoms with Crippen molar-refractivity contribution in [2.45, 2.75) is 58.0 Å². The van der Waals surface area contributed by atoms with Gasteiger partial charge in [-0.2, -0.15) is 5.10 Å². The van der Waals surface area contributed by atoms with Gasteiger partial charge >= 0.3 is 0 Å². The molecule has 3 nitrogen and oxygen atoms in total. The van der Waals surface area contributed by atoms with Crippen molar-refractivity contribution in [3.63, 3.8) is 0 Å². The highest BCUT2D eigenvalue weighted by Gasteiger charge is 2.39. The van der Waals surface area contributed by atoms with Crippen molar-refractivity contribution in [3.8, 4) is 0 Å². The fourth-order valence-corrected chi connectivity index (χ4v) is 4.12. The van der Waals surface area contributed by atoms with Gasteiger partial charge in [0, 0.05) is 18.8 Å². The zero-order valence-corrected chi connectivity index (χ0v) is 11.4. The lowest BCUT2D eigenvalue weighted by Gasteiger charge is -2.24. The molecular formula is C15H25N3. The van der Waals surface area contributed by atoms with Crippen molar-refractivity contribution in [2.24, 2.45) is 23.5 Å². The number of nitrogens with two attached hydrogens (primary N) is 1. The molecule has 0 aliphatic heterocycles. The molecule has 1 aromatic heterocycles. The largest absolute Gasteiger partial charge is 0.327 e. The van der Waals surface area contributed by atoms with Crippen LogP contribution in [0.4, 0.5) is 0 Å². The minimum Gasteiger partial charge on any atom is -0.327 e. The SMILES string of the molecule is CCn1cc(CC(N)CC2CC3CCC2C3)cn1. The van der Waals surface area contributed by atoms with Gasteiger partial charge in [-0.3, -0.25) is 4.68 Å². The van der Waals surface area contributed by atoms with Crippen molar-refractivity contribution in [1.29, 1.82) is 0 Å². The highest BCUT2D eigenvalue weighted by atomic mass is 15.3. The summed E-state index contributed by atoms with van der Waals surface area (Å²) in [5, 5.41) is 4.32. The Bertz CT molecular complexity index is 398. The maximum atomic E-state index is 6.33. The Morgan fingerprint density at radius 1 is 1.44 bits per heavy atom. The van der Waals surface area contributed by atoms with Gasteiger partial charge in [0.05, 0.1) is 6.20 Å². The van der Waals surface area contributed by atoms with Crippen LogP contribution in [0, 0.1) is 17.8 Å². The first-order valence-corrected chi connectivity index (χ1v) is 7.51. The van der Waals surface area contributed by atoms with E-state index in [-0.39, 0.29) is 0 Å². The fraction of sp³-hybridized carbons (Fsp3) is 0.800. The summed E-state index contributed by atoms with van der Waals surface area (Å²) in [7, 11) is 0. The Balaban J connectivity index is 1.51. The van der Waals surface area contributed by atoms with E-state index in [2.05, 4.69) is 18.2 Å². The van der Waals surface area contributed by atoms with Gasteiger partial charge in [0.15, 0.2) is 0 Å². The molecular weight excluding hydrogens is 222 g/mol. The molecule has 18 heavy (non-hydrogen) atoms. The van der Waals surface area contributed by atoms with Crippen molar-refractivity contribution in [1.82, 2.24) is 9.78 Å². The highest BCUT2D eigenvalue weighted by Crippen LogP contribution is 2.49. The number of hydrogen-bond donors (Lipinski definition) is 1. The van der Waals surface area contributed by atoms with E-state index < -0.39 is 0 Å². The van der Waals surface area contributed by atoms with Gasteiger partial charge in [0.25, 0.3) is 0 Å². The van der Waals surface area contributed by atoms with Crippen molar-refractivity contribution in [2.75, 3.05) is 0 Å². The molecule has 0 aromatic carbocycles. The highest BCUT2D eigenvalue weighted by molar-refractivity contribution is 5.06. The molecule has 0 saturated heterocycles. The molecule has 2 bridgehead atoms. The molecule has 3 rings (SSSR count). The van der Waals surface area contributed by atoms with E-state index in [9.17, 15) is 0 Å². The van der Waals surface area contributed by atoms with Crippen LogP contribution in [0.1, 0.15) is 44.6 Å². The van der Waals surface area contributed by atoms with Crippen molar-refractivity contribution in [3.05, 3.63) is 18.0 Å². The maximum Gasteiger partial charge on any atom is 0.0522 e.